The third kappa shape index (κ3) is 8.31. The van der Waals surface area contributed by atoms with Crippen molar-refractivity contribution in [2.45, 2.75) is 51.0 Å². The Hall–Kier alpha value is -3.59. The van der Waals surface area contributed by atoms with Crippen molar-refractivity contribution in [2.24, 2.45) is 11.8 Å². The maximum Gasteiger partial charge on any atom is 0.263 e. The highest BCUT2D eigenvalue weighted by Crippen LogP contribution is 2.30. The van der Waals surface area contributed by atoms with Crippen LogP contribution in [0.3, 0.4) is 0 Å². The highest BCUT2D eigenvalue weighted by Gasteiger charge is 2.27. The van der Waals surface area contributed by atoms with Crippen LogP contribution in [-0.4, -0.2) is 46.0 Å². The van der Waals surface area contributed by atoms with Crippen LogP contribution in [0.4, 0.5) is 22.7 Å². The molecule has 232 valence electrons. The van der Waals surface area contributed by atoms with E-state index in [4.69, 9.17) is 23.2 Å². The number of amides is 1. The second kappa shape index (κ2) is 14.0. The Kier molecular flexibility index (Phi) is 10.1. The number of aryl methyl sites for hydroxylation is 1. The van der Waals surface area contributed by atoms with Crippen molar-refractivity contribution >= 4 is 73.2 Å². The first-order valence-electron chi connectivity index (χ1n) is 13.9. The van der Waals surface area contributed by atoms with Crippen LogP contribution in [0, 0.1) is 25.7 Å². The van der Waals surface area contributed by atoms with Gasteiger partial charge in [-0.3, -0.25) is 9.52 Å². The number of aromatic nitrogens is 5. The number of sulfonamides is 1. The van der Waals surface area contributed by atoms with Gasteiger partial charge in [-0.15, -0.1) is 10.2 Å². The van der Waals surface area contributed by atoms with E-state index in [2.05, 4.69) is 45.8 Å². The van der Waals surface area contributed by atoms with Gasteiger partial charge in [-0.1, -0.05) is 35.1 Å². The van der Waals surface area contributed by atoms with Crippen molar-refractivity contribution in [3.8, 4) is 0 Å². The standard InChI is InChI=1S/C28H31Cl2N9O3S2/c1-16-20(4-3-5-23(16)29)15-32-27-35-25(30)34-26(36-27)31-14-18-6-8-19(9-7-18)24(40)33-21-10-12-22(13-11-21)44(41,42)39-28-38-37-17(2)43-28/h3-5,10-13,18-19H,6-9,14-15H2,1-2H3,(H,33,40)(H,38,39)(H2,31,32,34,35,36)/t18-,19-. The van der Waals surface area contributed by atoms with Crippen LogP contribution in [0.2, 0.25) is 10.3 Å². The SMILES string of the molecule is Cc1nnc(NS(=O)(=O)c2ccc(NC(=O)[C@H]3CC[C@H](CNc4nc(Cl)nc(NCc5cccc(Cl)c5C)n4)CC3)cc2)s1. The summed E-state index contributed by atoms with van der Waals surface area (Å²) in [6, 6.07) is 11.8. The normalized spacial score (nSPS) is 16.7. The van der Waals surface area contributed by atoms with Crippen LogP contribution in [0.25, 0.3) is 0 Å². The molecule has 44 heavy (non-hydrogen) atoms. The van der Waals surface area contributed by atoms with Crippen molar-refractivity contribution in [1.29, 1.82) is 0 Å². The summed E-state index contributed by atoms with van der Waals surface area (Å²) in [7, 11) is -3.81. The van der Waals surface area contributed by atoms with Crippen LogP contribution in [0.5, 0.6) is 0 Å². The number of benzene rings is 2. The summed E-state index contributed by atoms with van der Waals surface area (Å²) >= 11 is 13.5. The van der Waals surface area contributed by atoms with Gasteiger partial charge >= 0.3 is 0 Å². The molecule has 12 nitrogen and oxygen atoms in total. The molecule has 2 aromatic heterocycles. The lowest BCUT2D eigenvalue weighted by Gasteiger charge is -2.28. The fraction of sp³-hybridized carbons (Fsp3) is 0.357. The molecule has 1 amide bonds. The van der Waals surface area contributed by atoms with Crippen molar-refractivity contribution in [3.05, 3.63) is 68.9 Å². The molecule has 4 N–H and O–H groups in total. The third-order valence-corrected chi connectivity index (χ3v) is 10.2. The number of hydrogen-bond acceptors (Lipinski definition) is 11. The molecule has 0 spiro atoms. The van der Waals surface area contributed by atoms with Crippen LogP contribution in [0.15, 0.2) is 47.4 Å². The Morgan fingerprint density at radius 1 is 0.932 bits per heavy atom. The number of anilines is 4. The maximum atomic E-state index is 12.9. The van der Waals surface area contributed by atoms with E-state index in [-0.39, 0.29) is 27.1 Å². The fourth-order valence-corrected chi connectivity index (χ4v) is 7.04. The summed E-state index contributed by atoms with van der Waals surface area (Å²) in [4.78, 5) is 25.8. The average molecular weight is 677 g/mol. The number of nitrogens with zero attached hydrogens (tertiary/aromatic N) is 5. The summed E-state index contributed by atoms with van der Waals surface area (Å²) < 4.78 is 27.6. The minimum atomic E-state index is -3.81. The van der Waals surface area contributed by atoms with Crippen molar-refractivity contribution in [3.63, 3.8) is 0 Å². The summed E-state index contributed by atoms with van der Waals surface area (Å²) in [5, 5.41) is 18.6. The van der Waals surface area contributed by atoms with E-state index in [9.17, 15) is 13.2 Å². The molecule has 0 unspecified atom stereocenters. The number of hydrogen-bond donors (Lipinski definition) is 4. The molecular formula is C28H31Cl2N9O3S2. The number of carbonyl (C=O) groups excluding carboxylic acids is 1. The number of carbonyl (C=O) groups is 1. The first-order valence-corrected chi connectivity index (χ1v) is 17.0. The van der Waals surface area contributed by atoms with E-state index < -0.39 is 10.0 Å². The van der Waals surface area contributed by atoms with E-state index in [0.29, 0.717) is 46.6 Å². The molecule has 0 aliphatic heterocycles. The van der Waals surface area contributed by atoms with Gasteiger partial charge in [0.05, 0.1) is 4.90 Å². The molecule has 5 rings (SSSR count). The number of nitrogens with one attached hydrogen (secondary N) is 4. The molecule has 16 heteroatoms. The molecule has 0 radical (unpaired) electrons. The summed E-state index contributed by atoms with van der Waals surface area (Å²) in [5.74, 6) is 0.878. The molecule has 2 heterocycles. The lowest BCUT2D eigenvalue weighted by atomic mass is 9.81. The molecular weight excluding hydrogens is 645 g/mol. The maximum absolute atomic E-state index is 12.9. The fourth-order valence-electron chi connectivity index (χ4n) is 4.86. The second-order valence-electron chi connectivity index (χ2n) is 10.5. The Morgan fingerprint density at radius 2 is 1.64 bits per heavy atom. The van der Waals surface area contributed by atoms with Gasteiger partial charge in [0.15, 0.2) is 0 Å². The summed E-state index contributed by atoms with van der Waals surface area (Å²) in [5.41, 5.74) is 2.55. The van der Waals surface area contributed by atoms with E-state index in [0.717, 1.165) is 48.1 Å². The summed E-state index contributed by atoms with van der Waals surface area (Å²) in [6.45, 7) is 4.83. The third-order valence-electron chi connectivity index (χ3n) is 7.37. The quantitative estimate of drug-likeness (QED) is 0.150. The van der Waals surface area contributed by atoms with Crippen LogP contribution >= 0.6 is 34.5 Å². The Bertz CT molecular complexity index is 1730. The molecule has 1 aliphatic rings. The summed E-state index contributed by atoms with van der Waals surface area (Å²) in [6.07, 6.45) is 3.19. The van der Waals surface area contributed by atoms with Gasteiger partial charge in [-0.05, 0) is 98.5 Å². The monoisotopic (exact) mass is 675 g/mol. The largest absolute Gasteiger partial charge is 0.354 e. The van der Waals surface area contributed by atoms with Gasteiger partial charge in [-0.2, -0.15) is 15.0 Å². The van der Waals surface area contributed by atoms with Gasteiger partial charge in [0, 0.05) is 29.7 Å². The average Bonchev–Trinajstić information content (AvgIpc) is 3.40. The predicted molar refractivity (Wildman–Crippen MR) is 173 cm³/mol. The molecule has 4 aromatic rings. The van der Waals surface area contributed by atoms with Crippen molar-refractivity contribution in [2.75, 3.05) is 27.2 Å². The van der Waals surface area contributed by atoms with E-state index in [1.165, 1.54) is 12.1 Å². The van der Waals surface area contributed by atoms with Crippen LogP contribution in [0.1, 0.15) is 41.8 Å². The lowest BCUT2D eigenvalue weighted by molar-refractivity contribution is -0.121. The van der Waals surface area contributed by atoms with Gasteiger partial charge in [0.2, 0.25) is 28.2 Å². The second-order valence-corrected chi connectivity index (χ2v) is 14.1. The minimum absolute atomic E-state index is 0.0648. The molecule has 0 saturated heterocycles. The molecule has 1 saturated carbocycles. The van der Waals surface area contributed by atoms with Crippen molar-refractivity contribution in [1.82, 2.24) is 25.1 Å². The first kappa shape index (κ1) is 31.8. The Labute approximate surface area is 269 Å². The van der Waals surface area contributed by atoms with Gasteiger partial charge in [0.25, 0.3) is 10.0 Å². The number of halogens is 2. The topological polar surface area (TPSA) is 164 Å². The highest BCUT2D eigenvalue weighted by molar-refractivity contribution is 7.93. The van der Waals surface area contributed by atoms with Gasteiger partial charge in [-0.25, -0.2) is 8.42 Å². The Morgan fingerprint density at radius 3 is 2.32 bits per heavy atom. The first-order chi connectivity index (χ1) is 21.1. The van der Waals surface area contributed by atoms with E-state index >= 15 is 0 Å². The molecule has 1 fully saturated rings. The molecule has 0 atom stereocenters. The molecule has 0 bridgehead atoms. The molecule has 2 aromatic carbocycles. The molecule has 1 aliphatic carbocycles. The zero-order valence-corrected chi connectivity index (χ0v) is 27.1. The lowest BCUT2D eigenvalue weighted by Crippen LogP contribution is -2.29. The van der Waals surface area contributed by atoms with Crippen molar-refractivity contribution < 1.29 is 13.2 Å². The minimum Gasteiger partial charge on any atom is -0.354 e. The highest BCUT2D eigenvalue weighted by atomic mass is 35.5. The van der Waals surface area contributed by atoms with E-state index in [1.54, 1.807) is 19.1 Å². The van der Waals surface area contributed by atoms with E-state index in [1.807, 2.05) is 25.1 Å². The zero-order valence-electron chi connectivity index (χ0n) is 24.0. The Balaban J connectivity index is 1.07. The van der Waals surface area contributed by atoms with Gasteiger partial charge < -0.3 is 16.0 Å². The number of rotatable bonds is 11. The predicted octanol–water partition coefficient (Wildman–Crippen LogP) is 5.92. The smallest absolute Gasteiger partial charge is 0.263 e. The zero-order chi connectivity index (χ0) is 31.3. The van der Waals surface area contributed by atoms with Gasteiger partial charge in [0.1, 0.15) is 5.01 Å². The van der Waals surface area contributed by atoms with Crippen LogP contribution in [-0.2, 0) is 21.4 Å². The van der Waals surface area contributed by atoms with Crippen LogP contribution < -0.4 is 20.7 Å².